The Morgan fingerprint density at radius 1 is 1.38 bits per heavy atom. The molecule has 3 nitrogen and oxygen atoms in total. The molecule has 0 aliphatic rings. The van der Waals surface area contributed by atoms with E-state index in [0.29, 0.717) is 0 Å². The number of aliphatic hydroxyl groups is 1. The van der Waals surface area contributed by atoms with Crippen molar-refractivity contribution in [3.8, 4) is 0 Å². The van der Waals surface area contributed by atoms with Crippen molar-refractivity contribution in [1.29, 1.82) is 0 Å². The van der Waals surface area contributed by atoms with Crippen molar-refractivity contribution in [2.75, 3.05) is 0 Å². The summed E-state index contributed by atoms with van der Waals surface area (Å²) < 4.78 is 1.83. The van der Waals surface area contributed by atoms with Crippen molar-refractivity contribution >= 4 is 11.3 Å². The third-order valence-corrected chi connectivity index (χ3v) is 3.91. The van der Waals surface area contributed by atoms with Gasteiger partial charge in [-0.25, -0.2) is 0 Å². The van der Waals surface area contributed by atoms with Crippen LogP contribution < -0.4 is 0 Å². The predicted molar refractivity (Wildman–Crippen MR) is 65.7 cm³/mol. The van der Waals surface area contributed by atoms with Crippen LogP contribution in [0.3, 0.4) is 0 Å². The second-order valence-corrected chi connectivity index (χ2v) is 4.83. The van der Waals surface area contributed by atoms with Gasteiger partial charge in [0.2, 0.25) is 0 Å². The van der Waals surface area contributed by atoms with Gasteiger partial charge in [0.25, 0.3) is 0 Å². The maximum Gasteiger partial charge on any atom is 0.130 e. The van der Waals surface area contributed by atoms with Gasteiger partial charge >= 0.3 is 0 Å². The zero-order valence-corrected chi connectivity index (χ0v) is 10.4. The third kappa shape index (κ3) is 2.03. The highest BCUT2D eigenvalue weighted by atomic mass is 32.1. The summed E-state index contributed by atoms with van der Waals surface area (Å²) in [4.78, 5) is 2.30. The van der Waals surface area contributed by atoms with Crippen LogP contribution in [0, 0.1) is 0 Å². The Kier molecular flexibility index (Phi) is 3.41. The predicted octanol–water partition coefficient (Wildman–Crippen LogP) is 2.61. The standard InChI is InChI=1S/C12H16N2OS/c1-3-9-5-6-11(16-9)12(15)10-7-8-13-14(10)4-2/h5-8,12,15H,3-4H2,1-2H3. The van der Waals surface area contributed by atoms with Gasteiger partial charge in [0, 0.05) is 22.5 Å². The first-order valence-corrected chi connectivity index (χ1v) is 6.36. The first kappa shape index (κ1) is 11.4. The summed E-state index contributed by atoms with van der Waals surface area (Å²) in [5.74, 6) is 0. The van der Waals surface area contributed by atoms with Crippen LogP contribution in [0.4, 0.5) is 0 Å². The second kappa shape index (κ2) is 4.80. The fraction of sp³-hybridized carbons (Fsp3) is 0.417. The van der Waals surface area contributed by atoms with Crippen LogP contribution >= 0.6 is 11.3 Å². The molecule has 4 heteroatoms. The van der Waals surface area contributed by atoms with Gasteiger partial charge in [-0.05, 0) is 31.5 Å². The van der Waals surface area contributed by atoms with E-state index in [4.69, 9.17) is 0 Å². The van der Waals surface area contributed by atoms with E-state index in [1.54, 1.807) is 17.5 Å². The molecule has 0 spiro atoms. The SMILES string of the molecule is CCc1ccc(C(O)c2ccnn2CC)s1. The zero-order chi connectivity index (χ0) is 11.5. The fourth-order valence-electron chi connectivity index (χ4n) is 1.72. The molecule has 0 saturated heterocycles. The number of aliphatic hydroxyl groups excluding tert-OH is 1. The molecule has 0 fully saturated rings. The molecule has 1 N–H and O–H groups in total. The normalized spacial score (nSPS) is 12.9. The van der Waals surface area contributed by atoms with E-state index in [1.165, 1.54) is 4.88 Å². The molecule has 16 heavy (non-hydrogen) atoms. The average molecular weight is 236 g/mol. The second-order valence-electron chi connectivity index (χ2n) is 3.63. The summed E-state index contributed by atoms with van der Waals surface area (Å²) in [6, 6.07) is 5.95. The van der Waals surface area contributed by atoms with Crippen LogP contribution in [0.2, 0.25) is 0 Å². The van der Waals surface area contributed by atoms with Crippen LogP contribution in [0.15, 0.2) is 24.4 Å². The Morgan fingerprint density at radius 2 is 2.19 bits per heavy atom. The quantitative estimate of drug-likeness (QED) is 0.886. The Labute approximate surface area is 99.4 Å². The Hall–Kier alpha value is -1.13. The highest BCUT2D eigenvalue weighted by molar-refractivity contribution is 7.12. The van der Waals surface area contributed by atoms with Gasteiger partial charge < -0.3 is 5.11 Å². The average Bonchev–Trinajstić information content (AvgIpc) is 2.96. The molecule has 0 amide bonds. The molecule has 0 saturated carbocycles. The molecular formula is C12H16N2OS. The minimum atomic E-state index is -0.548. The third-order valence-electron chi connectivity index (χ3n) is 2.63. The molecule has 2 aromatic heterocycles. The molecule has 2 rings (SSSR count). The molecule has 2 heterocycles. The number of hydrogen-bond acceptors (Lipinski definition) is 3. The lowest BCUT2D eigenvalue weighted by Gasteiger charge is -2.10. The van der Waals surface area contributed by atoms with Gasteiger partial charge in [-0.2, -0.15) is 5.10 Å². The van der Waals surface area contributed by atoms with Crippen LogP contribution in [0.1, 0.15) is 35.4 Å². The van der Waals surface area contributed by atoms with Crippen LogP contribution in [0.25, 0.3) is 0 Å². The maximum atomic E-state index is 10.3. The van der Waals surface area contributed by atoms with E-state index in [-0.39, 0.29) is 0 Å². The van der Waals surface area contributed by atoms with Crippen molar-refractivity contribution in [1.82, 2.24) is 9.78 Å². The van der Waals surface area contributed by atoms with Gasteiger partial charge in [-0.1, -0.05) is 6.92 Å². The molecular weight excluding hydrogens is 220 g/mol. The minimum absolute atomic E-state index is 0.548. The van der Waals surface area contributed by atoms with Crippen LogP contribution in [-0.2, 0) is 13.0 Å². The number of nitrogens with zero attached hydrogens (tertiary/aromatic N) is 2. The van der Waals surface area contributed by atoms with E-state index in [0.717, 1.165) is 23.5 Å². The lowest BCUT2D eigenvalue weighted by atomic mass is 10.2. The van der Waals surface area contributed by atoms with Crippen molar-refractivity contribution in [3.05, 3.63) is 39.8 Å². The van der Waals surface area contributed by atoms with Crippen LogP contribution in [0.5, 0.6) is 0 Å². The van der Waals surface area contributed by atoms with Crippen molar-refractivity contribution in [3.63, 3.8) is 0 Å². The smallest absolute Gasteiger partial charge is 0.130 e. The summed E-state index contributed by atoms with van der Waals surface area (Å²) in [5.41, 5.74) is 0.868. The van der Waals surface area contributed by atoms with E-state index >= 15 is 0 Å². The molecule has 0 aliphatic heterocycles. The number of aromatic nitrogens is 2. The van der Waals surface area contributed by atoms with Gasteiger partial charge in [0.1, 0.15) is 6.10 Å². The Morgan fingerprint density at radius 3 is 2.81 bits per heavy atom. The van der Waals surface area contributed by atoms with Gasteiger partial charge in [-0.3, -0.25) is 4.68 Å². The number of aryl methyl sites for hydroxylation is 2. The lowest BCUT2D eigenvalue weighted by Crippen LogP contribution is -2.07. The van der Waals surface area contributed by atoms with Crippen molar-refractivity contribution in [2.24, 2.45) is 0 Å². The number of thiophene rings is 1. The van der Waals surface area contributed by atoms with Crippen LogP contribution in [-0.4, -0.2) is 14.9 Å². The lowest BCUT2D eigenvalue weighted by molar-refractivity contribution is 0.212. The first-order valence-electron chi connectivity index (χ1n) is 5.54. The van der Waals surface area contributed by atoms with Gasteiger partial charge in [0.05, 0.1) is 5.69 Å². The van der Waals surface area contributed by atoms with Crippen molar-refractivity contribution in [2.45, 2.75) is 32.9 Å². The molecule has 86 valence electrons. The van der Waals surface area contributed by atoms with E-state index in [1.807, 2.05) is 23.7 Å². The van der Waals surface area contributed by atoms with E-state index in [2.05, 4.69) is 18.1 Å². The van der Waals surface area contributed by atoms with Gasteiger partial charge in [0.15, 0.2) is 0 Å². The summed E-state index contributed by atoms with van der Waals surface area (Å²) >= 11 is 1.67. The topological polar surface area (TPSA) is 38.1 Å². The summed E-state index contributed by atoms with van der Waals surface area (Å²) in [5, 5.41) is 14.4. The highest BCUT2D eigenvalue weighted by Gasteiger charge is 2.16. The largest absolute Gasteiger partial charge is 0.381 e. The molecule has 1 unspecified atom stereocenters. The fourth-order valence-corrected chi connectivity index (χ4v) is 2.67. The summed E-state index contributed by atoms with van der Waals surface area (Å²) in [6.07, 6.45) is 2.20. The molecule has 0 aliphatic carbocycles. The molecule has 2 aromatic rings. The van der Waals surface area contributed by atoms with Gasteiger partial charge in [-0.15, -0.1) is 11.3 Å². The first-order chi connectivity index (χ1) is 7.76. The Balaban J connectivity index is 2.27. The van der Waals surface area contributed by atoms with E-state index in [9.17, 15) is 5.11 Å². The van der Waals surface area contributed by atoms with Crippen molar-refractivity contribution < 1.29 is 5.11 Å². The summed E-state index contributed by atoms with van der Waals surface area (Å²) in [7, 11) is 0. The molecule has 0 aromatic carbocycles. The number of hydrogen-bond donors (Lipinski definition) is 1. The number of rotatable bonds is 4. The highest BCUT2D eigenvalue weighted by Crippen LogP contribution is 2.28. The molecule has 0 bridgehead atoms. The minimum Gasteiger partial charge on any atom is -0.381 e. The Bertz CT molecular complexity index is 461. The zero-order valence-electron chi connectivity index (χ0n) is 9.55. The monoisotopic (exact) mass is 236 g/mol. The maximum absolute atomic E-state index is 10.3. The molecule has 1 atom stereocenters. The van der Waals surface area contributed by atoms with E-state index < -0.39 is 6.10 Å². The summed E-state index contributed by atoms with van der Waals surface area (Å²) in [6.45, 7) is 4.93. The molecule has 0 radical (unpaired) electrons.